The van der Waals surface area contributed by atoms with E-state index in [0.29, 0.717) is 0 Å². The number of halogens is 1. The van der Waals surface area contributed by atoms with Crippen molar-refractivity contribution in [3.8, 4) is 0 Å². The fourth-order valence-electron chi connectivity index (χ4n) is 1.88. The molecule has 1 aromatic carbocycles. The summed E-state index contributed by atoms with van der Waals surface area (Å²) in [4.78, 5) is 13.5. The summed E-state index contributed by atoms with van der Waals surface area (Å²) in [5.74, 6) is 0.128. The van der Waals surface area contributed by atoms with Crippen LogP contribution in [0, 0.1) is 0 Å². The van der Waals surface area contributed by atoms with Crippen molar-refractivity contribution in [1.82, 2.24) is 0 Å². The number of carbonyl (C=O) groups is 1. The van der Waals surface area contributed by atoms with Gasteiger partial charge in [-0.15, -0.1) is 0 Å². The second-order valence-corrected chi connectivity index (χ2v) is 4.55. The first kappa shape index (κ1) is 9.71. The molecule has 14 heavy (non-hydrogen) atoms. The molecule has 0 bridgehead atoms. The number of Topliss-reactive ketones (excluding diaryl/α,β-unsaturated/α-hetero) is 1. The molecule has 0 spiro atoms. The summed E-state index contributed by atoms with van der Waals surface area (Å²) < 4.78 is 1.03. The van der Waals surface area contributed by atoms with E-state index in [9.17, 15) is 4.79 Å². The van der Waals surface area contributed by atoms with Crippen LogP contribution >= 0.6 is 15.9 Å². The first-order valence-corrected chi connectivity index (χ1v) is 5.43. The van der Waals surface area contributed by atoms with Crippen molar-refractivity contribution in [1.29, 1.82) is 0 Å². The quantitative estimate of drug-likeness (QED) is 0.718. The summed E-state index contributed by atoms with van der Waals surface area (Å²) in [5.41, 5.74) is 3.30. The van der Waals surface area contributed by atoms with Gasteiger partial charge in [0, 0.05) is 23.6 Å². The maximum absolute atomic E-state index is 11.2. The van der Waals surface area contributed by atoms with Gasteiger partial charge < -0.3 is 4.90 Å². The lowest BCUT2D eigenvalue weighted by molar-refractivity contribution is 0.101. The smallest absolute Gasteiger partial charge is 0.159 e. The number of hydrogen-bond acceptors (Lipinski definition) is 2. The number of anilines is 1. The lowest BCUT2D eigenvalue weighted by Gasteiger charge is -2.14. The number of ketones is 1. The average molecular weight is 254 g/mol. The molecule has 0 amide bonds. The molecule has 0 unspecified atom stereocenters. The molecular weight excluding hydrogens is 242 g/mol. The van der Waals surface area contributed by atoms with Gasteiger partial charge in [0.25, 0.3) is 0 Å². The molecule has 0 fully saturated rings. The Bertz CT molecular complexity index is 401. The SMILES string of the molecule is CC(=O)c1cc(Br)c2c(c1)CCN2C. The molecule has 1 heterocycles. The average Bonchev–Trinajstić information content (AvgIpc) is 2.48. The normalized spacial score (nSPS) is 14.4. The zero-order valence-electron chi connectivity index (χ0n) is 8.30. The number of likely N-dealkylation sites (N-methyl/N-ethyl adjacent to an activating group) is 1. The van der Waals surface area contributed by atoms with E-state index < -0.39 is 0 Å². The maximum atomic E-state index is 11.2. The van der Waals surface area contributed by atoms with Crippen LogP contribution in [0.3, 0.4) is 0 Å². The molecule has 1 aliphatic heterocycles. The second-order valence-electron chi connectivity index (χ2n) is 3.69. The van der Waals surface area contributed by atoms with Crippen molar-refractivity contribution in [2.24, 2.45) is 0 Å². The molecule has 0 atom stereocenters. The van der Waals surface area contributed by atoms with Gasteiger partial charge in [0.15, 0.2) is 5.78 Å². The van der Waals surface area contributed by atoms with Crippen LogP contribution in [0.1, 0.15) is 22.8 Å². The first-order valence-electron chi connectivity index (χ1n) is 4.64. The van der Waals surface area contributed by atoms with Gasteiger partial charge >= 0.3 is 0 Å². The Morgan fingerprint density at radius 3 is 2.86 bits per heavy atom. The molecule has 1 aliphatic rings. The Labute approximate surface area is 92.0 Å². The van der Waals surface area contributed by atoms with Gasteiger partial charge in [-0.2, -0.15) is 0 Å². The van der Waals surface area contributed by atoms with Gasteiger partial charge in [0.2, 0.25) is 0 Å². The minimum absolute atomic E-state index is 0.128. The standard InChI is InChI=1S/C11H12BrNO/c1-7(14)9-5-8-3-4-13(2)11(8)10(12)6-9/h5-6H,3-4H2,1-2H3. The fourth-order valence-corrected chi connectivity index (χ4v) is 2.68. The van der Waals surface area contributed by atoms with E-state index in [4.69, 9.17) is 0 Å². The summed E-state index contributed by atoms with van der Waals surface area (Å²) in [5, 5.41) is 0. The van der Waals surface area contributed by atoms with Crippen LogP contribution < -0.4 is 4.90 Å². The van der Waals surface area contributed by atoms with Crippen molar-refractivity contribution >= 4 is 27.4 Å². The van der Waals surface area contributed by atoms with Crippen LogP contribution in [0.5, 0.6) is 0 Å². The molecule has 0 aromatic heterocycles. The maximum Gasteiger partial charge on any atom is 0.159 e. The number of benzene rings is 1. The van der Waals surface area contributed by atoms with E-state index in [1.165, 1.54) is 11.3 Å². The van der Waals surface area contributed by atoms with Crippen molar-refractivity contribution in [3.05, 3.63) is 27.7 Å². The van der Waals surface area contributed by atoms with Gasteiger partial charge in [-0.05, 0) is 47.0 Å². The number of nitrogens with zero attached hydrogens (tertiary/aromatic N) is 1. The van der Waals surface area contributed by atoms with Gasteiger partial charge in [0.1, 0.15) is 0 Å². The molecule has 0 radical (unpaired) electrons. The summed E-state index contributed by atoms with van der Waals surface area (Å²) in [7, 11) is 2.07. The van der Waals surface area contributed by atoms with Crippen LogP contribution in [0.25, 0.3) is 0 Å². The monoisotopic (exact) mass is 253 g/mol. The number of carbonyl (C=O) groups excluding carboxylic acids is 1. The van der Waals surface area contributed by atoms with Gasteiger partial charge in [-0.3, -0.25) is 4.79 Å². The molecule has 2 rings (SSSR count). The molecular formula is C11H12BrNO. The van der Waals surface area contributed by atoms with E-state index >= 15 is 0 Å². The molecule has 2 nitrogen and oxygen atoms in total. The van der Waals surface area contributed by atoms with Gasteiger partial charge in [-0.25, -0.2) is 0 Å². The number of hydrogen-bond donors (Lipinski definition) is 0. The molecule has 74 valence electrons. The molecule has 1 aromatic rings. The van der Waals surface area contributed by atoms with Crippen LogP contribution in [0.2, 0.25) is 0 Å². The van der Waals surface area contributed by atoms with Crippen molar-refractivity contribution in [3.63, 3.8) is 0 Å². The van der Waals surface area contributed by atoms with Gasteiger partial charge in [0.05, 0.1) is 5.69 Å². The van der Waals surface area contributed by atoms with Crippen molar-refractivity contribution in [2.75, 3.05) is 18.5 Å². The summed E-state index contributed by atoms with van der Waals surface area (Å²) >= 11 is 3.51. The number of rotatable bonds is 1. The third-order valence-corrected chi connectivity index (χ3v) is 3.25. The predicted octanol–water partition coefficient (Wildman–Crippen LogP) is 2.64. The highest BCUT2D eigenvalue weighted by Crippen LogP contribution is 2.35. The predicted molar refractivity (Wildman–Crippen MR) is 61.1 cm³/mol. The Morgan fingerprint density at radius 2 is 2.21 bits per heavy atom. The largest absolute Gasteiger partial charge is 0.373 e. The minimum Gasteiger partial charge on any atom is -0.373 e. The highest BCUT2D eigenvalue weighted by molar-refractivity contribution is 9.10. The summed E-state index contributed by atoms with van der Waals surface area (Å²) in [6, 6.07) is 3.91. The van der Waals surface area contributed by atoms with E-state index in [-0.39, 0.29) is 5.78 Å². The Kier molecular flexibility index (Phi) is 2.35. The highest BCUT2D eigenvalue weighted by atomic mass is 79.9. The molecule has 0 N–H and O–H groups in total. The third kappa shape index (κ3) is 1.46. The van der Waals surface area contributed by atoms with Crippen LogP contribution in [-0.4, -0.2) is 19.4 Å². The topological polar surface area (TPSA) is 20.3 Å². The van der Waals surface area contributed by atoms with Crippen LogP contribution in [-0.2, 0) is 6.42 Å². The van der Waals surface area contributed by atoms with Crippen LogP contribution in [0.4, 0.5) is 5.69 Å². The van der Waals surface area contributed by atoms with Crippen molar-refractivity contribution < 1.29 is 4.79 Å². The van der Waals surface area contributed by atoms with E-state index in [0.717, 1.165) is 23.0 Å². The first-order chi connectivity index (χ1) is 6.59. The summed E-state index contributed by atoms with van der Waals surface area (Å²) in [6.45, 7) is 2.64. The molecule has 0 saturated carbocycles. The zero-order chi connectivity index (χ0) is 10.3. The second kappa shape index (κ2) is 3.39. The lowest BCUT2D eigenvalue weighted by atomic mass is 10.1. The van der Waals surface area contributed by atoms with Gasteiger partial charge in [-0.1, -0.05) is 0 Å². The van der Waals surface area contributed by atoms with Crippen LogP contribution in [0.15, 0.2) is 16.6 Å². The molecule has 0 aliphatic carbocycles. The number of fused-ring (bicyclic) bond motifs is 1. The molecule has 0 saturated heterocycles. The van der Waals surface area contributed by atoms with Crippen molar-refractivity contribution in [2.45, 2.75) is 13.3 Å². The Morgan fingerprint density at radius 1 is 1.50 bits per heavy atom. The fraction of sp³-hybridized carbons (Fsp3) is 0.364. The van der Waals surface area contributed by atoms with E-state index in [2.05, 4.69) is 27.9 Å². The Hall–Kier alpha value is -0.830. The molecule has 3 heteroatoms. The van der Waals surface area contributed by atoms with E-state index in [1.54, 1.807) is 6.92 Å². The Balaban J connectivity index is 2.57. The summed E-state index contributed by atoms with van der Waals surface area (Å²) in [6.07, 6.45) is 1.03. The van der Waals surface area contributed by atoms with E-state index in [1.807, 2.05) is 12.1 Å². The minimum atomic E-state index is 0.128. The zero-order valence-corrected chi connectivity index (χ0v) is 9.89. The lowest BCUT2D eigenvalue weighted by Crippen LogP contribution is -2.13. The third-order valence-electron chi connectivity index (χ3n) is 2.65. The highest BCUT2D eigenvalue weighted by Gasteiger charge is 2.20.